The summed E-state index contributed by atoms with van der Waals surface area (Å²) in [6.45, 7) is 3.36. The van der Waals surface area contributed by atoms with Gasteiger partial charge in [-0.15, -0.1) is 0 Å². The third-order valence-corrected chi connectivity index (χ3v) is 4.99. The van der Waals surface area contributed by atoms with Crippen LogP contribution in [0.2, 0.25) is 5.28 Å². The highest BCUT2D eigenvalue weighted by molar-refractivity contribution is 7.89. The van der Waals surface area contributed by atoms with E-state index in [-0.39, 0.29) is 16.3 Å². The van der Waals surface area contributed by atoms with E-state index in [1.165, 1.54) is 16.7 Å². The molecule has 1 aliphatic rings. The second kappa shape index (κ2) is 6.13. The summed E-state index contributed by atoms with van der Waals surface area (Å²) in [5, 5.41) is 0.0322. The number of ether oxygens (including phenoxy) is 1. The van der Waals surface area contributed by atoms with E-state index in [1.807, 2.05) is 6.92 Å². The van der Waals surface area contributed by atoms with Crippen LogP contribution in [0.3, 0.4) is 0 Å². The minimum Gasteiger partial charge on any atom is -0.377 e. The van der Waals surface area contributed by atoms with Crippen LogP contribution in [0.15, 0.2) is 17.3 Å². The predicted molar refractivity (Wildman–Crippen MR) is 70.4 cm³/mol. The lowest BCUT2D eigenvalue weighted by atomic mass is 10.1. The molecule has 19 heavy (non-hydrogen) atoms. The molecule has 1 aromatic heterocycles. The van der Waals surface area contributed by atoms with Gasteiger partial charge < -0.3 is 4.74 Å². The lowest BCUT2D eigenvalue weighted by molar-refractivity contribution is 0.0265. The molecule has 0 N–H and O–H groups in total. The minimum absolute atomic E-state index is 0.0322. The first-order chi connectivity index (χ1) is 9.04. The third kappa shape index (κ3) is 3.42. The molecule has 1 aromatic rings. The SMILES string of the molecule is CCOC1CCCN(S(=O)(=O)c2cnc(Cl)nc2)C1. The second-order valence-electron chi connectivity index (χ2n) is 4.27. The monoisotopic (exact) mass is 305 g/mol. The van der Waals surface area contributed by atoms with Crippen molar-refractivity contribution in [2.24, 2.45) is 0 Å². The Bertz CT molecular complexity index is 518. The van der Waals surface area contributed by atoms with Crippen molar-refractivity contribution in [2.45, 2.75) is 30.8 Å². The van der Waals surface area contributed by atoms with Gasteiger partial charge in [-0.2, -0.15) is 4.31 Å². The fraction of sp³-hybridized carbons (Fsp3) is 0.636. The lowest BCUT2D eigenvalue weighted by Gasteiger charge is -2.31. The maximum atomic E-state index is 12.4. The van der Waals surface area contributed by atoms with Crippen molar-refractivity contribution >= 4 is 21.6 Å². The maximum Gasteiger partial charge on any atom is 0.246 e. The predicted octanol–water partition coefficient (Wildman–Crippen LogP) is 1.32. The highest BCUT2D eigenvalue weighted by Crippen LogP contribution is 2.21. The summed E-state index contributed by atoms with van der Waals surface area (Å²) in [4.78, 5) is 7.49. The third-order valence-electron chi connectivity index (χ3n) is 2.98. The molecule has 0 spiro atoms. The fourth-order valence-corrected chi connectivity index (χ4v) is 3.58. The second-order valence-corrected chi connectivity index (χ2v) is 6.55. The zero-order valence-electron chi connectivity index (χ0n) is 10.6. The fourth-order valence-electron chi connectivity index (χ4n) is 2.08. The Hall–Kier alpha value is -0.760. The Morgan fingerprint density at radius 2 is 2.16 bits per heavy atom. The molecule has 0 saturated carbocycles. The standard InChI is InChI=1S/C11H16ClN3O3S/c1-2-18-9-4-3-5-15(8-9)19(16,17)10-6-13-11(12)14-7-10/h6-7,9H,2-5,8H2,1H3. The summed E-state index contributed by atoms with van der Waals surface area (Å²) < 4.78 is 31.7. The van der Waals surface area contributed by atoms with E-state index in [0.29, 0.717) is 19.7 Å². The van der Waals surface area contributed by atoms with Crippen molar-refractivity contribution < 1.29 is 13.2 Å². The number of aromatic nitrogens is 2. The van der Waals surface area contributed by atoms with Gasteiger partial charge in [0.15, 0.2) is 0 Å². The summed E-state index contributed by atoms with van der Waals surface area (Å²) in [5.74, 6) is 0. The molecule has 0 aliphatic carbocycles. The quantitative estimate of drug-likeness (QED) is 0.785. The molecular formula is C11H16ClN3O3S. The minimum atomic E-state index is -3.56. The van der Waals surface area contributed by atoms with Gasteiger partial charge in [0, 0.05) is 19.7 Å². The lowest BCUT2D eigenvalue weighted by Crippen LogP contribution is -2.43. The zero-order chi connectivity index (χ0) is 13.9. The summed E-state index contributed by atoms with van der Waals surface area (Å²) in [7, 11) is -3.56. The van der Waals surface area contributed by atoms with Gasteiger partial charge in [0.1, 0.15) is 4.90 Å². The average Bonchev–Trinajstić information content (AvgIpc) is 2.40. The highest BCUT2D eigenvalue weighted by Gasteiger charge is 2.30. The molecule has 1 unspecified atom stereocenters. The topological polar surface area (TPSA) is 72.4 Å². The van der Waals surface area contributed by atoms with Gasteiger partial charge in [0.25, 0.3) is 0 Å². The van der Waals surface area contributed by atoms with E-state index in [0.717, 1.165) is 12.8 Å². The molecule has 0 amide bonds. The Morgan fingerprint density at radius 3 is 2.79 bits per heavy atom. The molecule has 6 nitrogen and oxygen atoms in total. The van der Waals surface area contributed by atoms with Crippen LogP contribution in [0.5, 0.6) is 0 Å². The van der Waals surface area contributed by atoms with Gasteiger partial charge in [-0.1, -0.05) is 0 Å². The van der Waals surface area contributed by atoms with Gasteiger partial charge in [-0.3, -0.25) is 0 Å². The first-order valence-electron chi connectivity index (χ1n) is 6.13. The van der Waals surface area contributed by atoms with Crippen LogP contribution in [-0.4, -0.2) is 48.5 Å². The van der Waals surface area contributed by atoms with Crippen LogP contribution in [0.25, 0.3) is 0 Å². The zero-order valence-corrected chi connectivity index (χ0v) is 12.2. The van der Waals surface area contributed by atoms with Crippen LogP contribution < -0.4 is 0 Å². The number of rotatable bonds is 4. The molecule has 1 fully saturated rings. The molecule has 2 rings (SSSR count). The van der Waals surface area contributed by atoms with Gasteiger partial charge in [0.2, 0.25) is 15.3 Å². The number of sulfonamides is 1. The summed E-state index contributed by atoms with van der Waals surface area (Å²) in [6.07, 6.45) is 4.10. The Labute approximate surface area is 117 Å². The van der Waals surface area contributed by atoms with E-state index >= 15 is 0 Å². The van der Waals surface area contributed by atoms with E-state index in [2.05, 4.69) is 9.97 Å². The number of piperidine rings is 1. The molecule has 0 aromatic carbocycles. The summed E-state index contributed by atoms with van der Waals surface area (Å²) in [6, 6.07) is 0. The van der Waals surface area contributed by atoms with Crippen LogP contribution >= 0.6 is 11.6 Å². The van der Waals surface area contributed by atoms with E-state index in [9.17, 15) is 8.42 Å². The first-order valence-corrected chi connectivity index (χ1v) is 7.95. The van der Waals surface area contributed by atoms with Crippen molar-refractivity contribution in [1.82, 2.24) is 14.3 Å². The van der Waals surface area contributed by atoms with Crippen LogP contribution in [0.1, 0.15) is 19.8 Å². The van der Waals surface area contributed by atoms with E-state index in [1.54, 1.807) is 0 Å². The van der Waals surface area contributed by atoms with E-state index in [4.69, 9.17) is 16.3 Å². The maximum absolute atomic E-state index is 12.4. The first kappa shape index (κ1) is 14.6. The van der Waals surface area contributed by atoms with Crippen LogP contribution in [0, 0.1) is 0 Å². The number of halogens is 1. The van der Waals surface area contributed by atoms with Crippen molar-refractivity contribution in [2.75, 3.05) is 19.7 Å². The van der Waals surface area contributed by atoms with Crippen molar-refractivity contribution in [3.05, 3.63) is 17.7 Å². The summed E-state index contributed by atoms with van der Waals surface area (Å²) in [5.41, 5.74) is 0. The van der Waals surface area contributed by atoms with Gasteiger partial charge in [-0.05, 0) is 31.4 Å². The molecule has 8 heteroatoms. The molecule has 1 saturated heterocycles. The van der Waals surface area contributed by atoms with Crippen LogP contribution in [-0.2, 0) is 14.8 Å². The Balaban J connectivity index is 2.17. The van der Waals surface area contributed by atoms with Gasteiger partial charge in [0.05, 0.1) is 18.5 Å². The molecule has 0 radical (unpaired) electrons. The highest BCUT2D eigenvalue weighted by atomic mass is 35.5. The molecular weight excluding hydrogens is 290 g/mol. The van der Waals surface area contributed by atoms with Gasteiger partial charge in [-0.25, -0.2) is 18.4 Å². The molecule has 106 valence electrons. The van der Waals surface area contributed by atoms with Crippen LogP contribution in [0.4, 0.5) is 0 Å². The van der Waals surface area contributed by atoms with E-state index < -0.39 is 10.0 Å². The number of hydrogen-bond donors (Lipinski definition) is 0. The molecule has 2 heterocycles. The van der Waals surface area contributed by atoms with Gasteiger partial charge >= 0.3 is 0 Å². The number of nitrogens with zero attached hydrogens (tertiary/aromatic N) is 3. The smallest absolute Gasteiger partial charge is 0.246 e. The number of hydrogen-bond acceptors (Lipinski definition) is 5. The molecule has 1 aliphatic heterocycles. The molecule has 0 bridgehead atoms. The average molecular weight is 306 g/mol. The molecule has 1 atom stereocenters. The summed E-state index contributed by atoms with van der Waals surface area (Å²) >= 11 is 5.56. The normalized spacial score (nSPS) is 21.5. The Kier molecular flexibility index (Phi) is 4.72. The van der Waals surface area contributed by atoms with Crippen molar-refractivity contribution in [3.8, 4) is 0 Å². The van der Waals surface area contributed by atoms with Crippen molar-refractivity contribution in [1.29, 1.82) is 0 Å². The largest absolute Gasteiger partial charge is 0.377 e. The van der Waals surface area contributed by atoms with Crippen molar-refractivity contribution in [3.63, 3.8) is 0 Å². The Morgan fingerprint density at radius 1 is 1.47 bits per heavy atom.